The highest BCUT2D eigenvalue weighted by atomic mass is 16.3. The summed E-state index contributed by atoms with van der Waals surface area (Å²) in [4.78, 5) is 12.5. The van der Waals surface area contributed by atoms with Gasteiger partial charge in [0.2, 0.25) is 0 Å². The van der Waals surface area contributed by atoms with Crippen LogP contribution in [0.15, 0.2) is 11.6 Å². The number of hydrogen-bond acceptors (Lipinski definition) is 2. The number of rotatable bonds is 0. The van der Waals surface area contributed by atoms with Gasteiger partial charge < -0.3 is 5.11 Å². The summed E-state index contributed by atoms with van der Waals surface area (Å²) < 4.78 is 41.4. The average molecular weight is 293 g/mol. The van der Waals surface area contributed by atoms with E-state index in [1.807, 2.05) is 13.0 Å². The van der Waals surface area contributed by atoms with Crippen LogP contribution in [0.1, 0.15) is 72.0 Å². The molecule has 21 heavy (non-hydrogen) atoms. The molecule has 0 radical (unpaired) electrons. The van der Waals surface area contributed by atoms with Gasteiger partial charge in [-0.3, -0.25) is 4.79 Å². The van der Waals surface area contributed by atoms with Gasteiger partial charge in [0.1, 0.15) is 5.78 Å². The second-order valence-corrected chi connectivity index (χ2v) is 7.89. The van der Waals surface area contributed by atoms with Crippen LogP contribution in [-0.4, -0.2) is 17.0 Å². The van der Waals surface area contributed by atoms with E-state index in [0.717, 1.165) is 19.3 Å². The van der Waals surface area contributed by atoms with Crippen LogP contribution in [0, 0.1) is 28.6 Å². The molecule has 6 atom stereocenters. The molecule has 0 bridgehead atoms. The first-order valence-corrected chi connectivity index (χ1v) is 8.26. The van der Waals surface area contributed by atoms with Crippen LogP contribution in [0.25, 0.3) is 0 Å². The molecule has 116 valence electrons. The third-order valence-electron chi connectivity index (χ3n) is 7.05. The Balaban J connectivity index is 1.81. The van der Waals surface area contributed by atoms with Crippen molar-refractivity contribution in [3.05, 3.63) is 11.6 Å². The van der Waals surface area contributed by atoms with Gasteiger partial charge in [0.15, 0.2) is 0 Å². The highest BCUT2D eigenvalue weighted by molar-refractivity contribution is 5.87. The van der Waals surface area contributed by atoms with E-state index in [2.05, 4.69) is 6.92 Å². The van der Waals surface area contributed by atoms with Crippen molar-refractivity contribution >= 4 is 5.78 Å². The van der Waals surface area contributed by atoms with Crippen molar-refractivity contribution in [3.8, 4) is 0 Å². The van der Waals surface area contributed by atoms with E-state index in [9.17, 15) is 9.90 Å². The van der Waals surface area contributed by atoms with Crippen molar-refractivity contribution in [2.24, 2.45) is 28.6 Å². The minimum Gasteiger partial charge on any atom is -0.393 e. The van der Waals surface area contributed by atoms with E-state index < -0.39 is 24.2 Å². The summed E-state index contributed by atoms with van der Waals surface area (Å²) in [6.45, 7) is 3.99. The quantitative estimate of drug-likeness (QED) is 0.688. The Labute approximate surface area is 135 Å². The van der Waals surface area contributed by atoms with E-state index in [1.165, 1.54) is 0 Å². The average Bonchev–Trinajstić information content (AvgIpc) is 2.81. The molecule has 0 saturated heterocycles. The van der Waals surface area contributed by atoms with Crippen LogP contribution in [0.3, 0.4) is 0 Å². The molecule has 0 aliphatic heterocycles. The molecule has 0 aromatic heterocycles. The van der Waals surface area contributed by atoms with Crippen molar-refractivity contribution in [1.29, 1.82) is 0 Å². The molecule has 0 aromatic carbocycles. The lowest BCUT2D eigenvalue weighted by molar-refractivity contribution is -0.132. The number of carbonyl (C=O) groups is 1. The van der Waals surface area contributed by atoms with Gasteiger partial charge in [0.25, 0.3) is 0 Å². The van der Waals surface area contributed by atoms with Gasteiger partial charge >= 0.3 is 0 Å². The molecule has 0 heterocycles. The van der Waals surface area contributed by atoms with Crippen LogP contribution in [-0.2, 0) is 4.79 Å². The molecule has 0 aromatic rings. The van der Waals surface area contributed by atoms with Crippen molar-refractivity contribution in [3.63, 3.8) is 0 Å². The second-order valence-electron chi connectivity index (χ2n) is 7.89. The third kappa shape index (κ3) is 1.78. The zero-order valence-electron chi connectivity index (χ0n) is 17.9. The maximum atomic E-state index is 12.5. The monoisotopic (exact) mass is 293 g/mol. The van der Waals surface area contributed by atoms with Crippen molar-refractivity contribution in [2.45, 2.75) is 71.2 Å². The lowest BCUT2D eigenvalue weighted by Gasteiger charge is -2.56. The van der Waals surface area contributed by atoms with E-state index in [0.29, 0.717) is 24.2 Å². The van der Waals surface area contributed by atoms with Crippen molar-refractivity contribution in [1.82, 2.24) is 0 Å². The fourth-order valence-corrected chi connectivity index (χ4v) is 5.72. The van der Waals surface area contributed by atoms with Gasteiger partial charge in [-0.05, 0) is 68.0 Å². The number of fused-ring (bicyclic) bond motifs is 5. The molecule has 3 fully saturated rings. The Morgan fingerprint density at radius 2 is 2.05 bits per heavy atom. The summed E-state index contributed by atoms with van der Waals surface area (Å²) in [5, 5.41) is 10.4. The van der Waals surface area contributed by atoms with Crippen LogP contribution < -0.4 is 0 Å². The normalized spacial score (nSPS) is 64.5. The predicted octanol–water partition coefficient (Wildman–Crippen LogP) is 3.88. The zero-order chi connectivity index (χ0) is 19.3. The number of Topliss-reactive ketones (excluding diaryl/α,β-unsaturated/α-hetero) is 1. The van der Waals surface area contributed by atoms with E-state index in [4.69, 9.17) is 6.85 Å². The standard InChI is InChI=1S/C19H28O2/c1-18-9-7-13(20)11-12(18)3-4-14-15-5-6-17(21)19(15,2)10-8-16(14)18/h3,13-16,20H,4-11H2,1-2H3/t13-,14?,15?,16?,18-,19-/m0/s1/i7D2,11D2,13D. The highest BCUT2D eigenvalue weighted by Gasteiger charge is 2.58. The predicted molar refractivity (Wildman–Crippen MR) is 82.7 cm³/mol. The summed E-state index contributed by atoms with van der Waals surface area (Å²) in [7, 11) is 0. The highest BCUT2D eigenvalue weighted by Crippen LogP contribution is 2.63. The van der Waals surface area contributed by atoms with Gasteiger partial charge in [-0.15, -0.1) is 0 Å². The lowest BCUT2D eigenvalue weighted by Crippen LogP contribution is -2.50. The van der Waals surface area contributed by atoms with E-state index in [-0.39, 0.29) is 29.6 Å². The van der Waals surface area contributed by atoms with Crippen LogP contribution >= 0.6 is 0 Å². The smallest absolute Gasteiger partial charge is 0.139 e. The zero-order valence-corrected chi connectivity index (χ0v) is 12.9. The largest absolute Gasteiger partial charge is 0.393 e. The fourth-order valence-electron chi connectivity index (χ4n) is 5.72. The molecule has 2 nitrogen and oxygen atoms in total. The summed E-state index contributed by atoms with van der Waals surface area (Å²) in [6.07, 6.45) is -2.10. The number of allylic oxidation sites excluding steroid dienone is 1. The Hall–Kier alpha value is -0.630. The first kappa shape index (κ1) is 9.50. The van der Waals surface area contributed by atoms with Crippen molar-refractivity contribution < 1.29 is 16.8 Å². The molecule has 2 heteroatoms. The summed E-state index contributed by atoms with van der Waals surface area (Å²) in [5.41, 5.74) is -0.617. The second kappa shape index (κ2) is 4.44. The fraction of sp³-hybridized carbons (Fsp3) is 0.842. The molecule has 4 aliphatic rings. The Kier molecular flexibility index (Phi) is 2.01. The molecular weight excluding hydrogens is 260 g/mol. The maximum absolute atomic E-state index is 12.5. The topological polar surface area (TPSA) is 37.3 Å². The molecule has 4 rings (SSSR count). The Bertz CT molecular complexity index is 700. The summed E-state index contributed by atoms with van der Waals surface area (Å²) in [6, 6.07) is 0. The van der Waals surface area contributed by atoms with Crippen LogP contribution in [0.4, 0.5) is 0 Å². The first-order chi connectivity index (χ1) is 11.8. The minimum atomic E-state index is -2.80. The number of carbonyl (C=O) groups excluding carboxylic acids is 1. The summed E-state index contributed by atoms with van der Waals surface area (Å²) >= 11 is 0. The number of aliphatic hydroxyl groups is 1. The van der Waals surface area contributed by atoms with Crippen LogP contribution in [0.5, 0.6) is 0 Å². The van der Waals surface area contributed by atoms with E-state index in [1.54, 1.807) is 0 Å². The first-order valence-electron chi connectivity index (χ1n) is 10.8. The molecule has 1 N–H and O–H groups in total. The lowest BCUT2D eigenvalue weighted by atomic mass is 9.48. The van der Waals surface area contributed by atoms with Gasteiger partial charge in [0, 0.05) is 17.3 Å². The van der Waals surface area contributed by atoms with Gasteiger partial charge in [-0.25, -0.2) is 0 Å². The minimum absolute atomic E-state index is 0.0517. The molecule has 0 spiro atoms. The van der Waals surface area contributed by atoms with Gasteiger partial charge in [0.05, 0.1) is 7.45 Å². The number of ketones is 1. The van der Waals surface area contributed by atoms with E-state index >= 15 is 0 Å². The van der Waals surface area contributed by atoms with Crippen LogP contribution in [0.2, 0.25) is 0 Å². The Morgan fingerprint density at radius 1 is 1.29 bits per heavy atom. The molecule has 4 aliphatic carbocycles. The maximum Gasteiger partial charge on any atom is 0.139 e. The SMILES string of the molecule is [2H]C1([2H])C[C@@]2(C)C(=CCC3C2CC[C@]2(C)C(=O)CCC32)C([2H])([2H])[C@@]1([2H])O. The Morgan fingerprint density at radius 3 is 2.86 bits per heavy atom. The molecular formula is C19H28O2. The molecule has 3 unspecified atom stereocenters. The number of hydrogen-bond donors (Lipinski definition) is 1. The van der Waals surface area contributed by atoms with Crippen molar-refractivity contribution in [2.75, 3.05) is 0 Å². The molecule has 3 saturated carbocycles. The summed E-state index contributed by atoms with van der Waals surface area (Å²) in [5.74, 6) is 0.956. The van der Waals surface area contributed by atoms with Gasteiger partial charge in [-0.1, -0.05) is 25.5 Å². The van der Waals surface area contributed by atoms with Gasteiger partial charge in [-0.2, -0.15) is 0 Å². The molecule has 0 amide bonds. The third-order valence-corrected chi connectivity index (χ3v) is 7.05.